The monoisotopic (exact) mass is 238 g/mol. The molecule has 5 nitrogen and oxygen atoms in total. The molecule has 0 bridgehead atoms. The fourth-order valence-electron chi connectivity index (χ4n) is 2.33. The molecule has 1 N–H and O–H groups in total. The van der Waals surface area contributed by atoms with Crippen LogP contribution in [0.5, 0.6) is 0 Å². The van der Waals surface area contributed by atoms with Crippen LogP contribution < -0.4 is 0 Å². The number of likely N-dealkylation sites (tertiary alicyclic amines) is 1. The number of urea groups is 1. The fraction of sp³-hybridized carbons (Fsp3) is 0.667. The highest BCUT2D eigenvalue weighted by Crippen LogP contribution is 2.29. The smallest absolute Gasteiger partial charge is 0.326 e. The van der Waals surface area contributed by atoms with Gasteiger partial charge in [0.15, 0.2) is 0 Å². The lowest BCUT2D eigenvalue weighted by atomic mass is 10.2. The van der Waals surface area contributed by atoms with E-state index in [1.807, 2.05) is 0 Å². The molecule has 1 aliphatic carbocycles. The van der Waals surface area contributed by atoms with Gasteiger partial charge in [-0.15, -0.1) is 6.58 Å². The largest absolute Gasteiger partial charge is 0.480 e. The van der Waals surface area contributed by atoms with E-state index in [0.29, 0.717) is 19.5 Å². The summed E-state index contributed by atoms with van der Waals surface area (Å²) in [6.07, 6.45) is 5.07. The lowest BCUT2D eigenvalue weighted by Gasteiger charge is -2.29. The van der Waals surface area contributed by atoms with Gasteiger partial charge in [-0.1, -0.05) is 6.08 Å². The van der Waals surface area contributed by atoms with E-state index in [9.17, 15) is 9.59 Å². The van der Waals surface area contributed by atoms with E-state index in [0.717, 1.165) is 19.3 Å². The number of carbonyl (C=O) groups excluding carboxylic acids is 1. The van der Waals surface area contributed by atoms with Gasteiger partial charge in [0, 0.05) is 19.1 Å². The van der Waals surface area contributed by atoms with Gasteiger partial charge in [-0.05, 0) is 25.7 Å². The third-order valence-electron chi connectivity index (χ3n) is 3.34. The zero-order valence-electron chi connectivity index (χ0n) is 9.84. The molecule has 2 aliphatic rings. The topological polar surface area (TPSA) is 60.9 Å². The van der Waals surface area contributed by atoms with Gasteiger partial charge in [0.1, 0.15) is 6.04 Å². The molecule has 1 atom stereocenters. The second kappa shape index (κ2) is 4.77. The first-order chi connectivity index (χ1) is 8.15. The Balaban J connectivity index is 2.06. The van der Waals surface area contributed by atoms with Crippen LogP contribution in [0.1, 0.15) is 25.7 Å². The summed E-state index contributed by atoms with van der Waals surface area (Å²) in [5, 5.41) is 9.07. The molecule has 1 saturated carbocycles. The van der Waals surface area contributed by atoms with Crippen LogP contribution in [0.3, 0.4) is 0 Å². The van der Waals surface area contributed by atoms with Gasteiger partial charge in [-0.25, -0.2) is 9.59 Å². The molecule has 1 aliphatic heterocycles. The Bertz CT molecular complexity index is 339. The predicted molar refractivity (Wildman–Crippen MR) is 62.7 cm³/mol. The maximum Gasteiger partial charge on any atom is 0.326 e. The van der Waals surface area contributed by atoms with Crippen molar-refractivity contribution < 1.29 is 14.7 Å². The zero-order valence-corrected chi connectivity index (χ0v) is 9.84. The summed E-state index contributed by atoms with van der Waals surface area (Å²) >= 11 is 0. The van der Waals surface area contributed by atoms with Crippen molar-refractivity contribution in [3.05, 3.63) is 12.7 Å². The molecule has 2 amide bonds. The number of hydrogen-bond donors (Lipinski definition) is 1. The van der Waals surface area contributed by atoms with E-state index < -0.39 is 12.0 Å². The Morgan fingerprint density at radius 3 is 2.65 bits per heavy atom. The van der Waals surface area contributed by atoms with Crippen molar-refractivity contribution in [3.63, 3.8) is 0 Å². The van der Waals surface area contributed by atoms with Crippen molar-refractivity contribution in [3.8, 4) is 0 Å². The number of aliphatic carboxylic acids is 1. The van der Waals surface area contributed by atoms with E-state index in [4.69, 9.17) is 5.11 Å². The zero-order chi connectivity index (χ0) is 12.4. The number of carboxylic acids is 1. The first-order valence-electron chi connectivity index (χ1n) is 6.06. The molecule has 0 spiro atoms. The van der Waals surface area contributed by atoms with Crippen molar-refractivity contribution >= 4 is 12.0 Å². The van der Waals surface area contributed by atoms with Crippen molar-refractivity contribution in [2.24, 2.45) is 0 Å². The van der Waals surface area contributed by atoms with E-state index in [1.165, 1.54) is 4.90 Å². The summed E-state index contributed by atoms with van der Waals surface area (Å²) < 4.78 is 0. The normalized spacial score (nSPS) is 23.5. The summed E-state index contributed by atoms with van der Waals surface area (Å²) in [5.74, 6) is -0.898. The van der Waals surface area contributed by atoms with Gasteiger partial charge in [0.05, 0.1) is 0 Å². The quantitative estimate of drug-likeness (QED) is 0.751. The maximum absolute atomic E-state index is 12.3. The van der Waals surface area contributed by atoms with E-state index in [1.54, 1.807) is 11.0 Å². The highest BCUT2D eigenvalue weighted by Gasteiger charge is 2.40. The molecule has 2 rings (SSSR count). The second-order valence-corrected chi connectivity index (χ2v) is 4.64. The summed E-state index contributed by atoms with van der Waals surface area (Å²) in [5.41, 5.74) is 0. The van der Waals surface area contributed by atoms with Gasteiger partial charge in [-0.3, -0.25) is 0 Å². The second-order valence-electron chi connectivity index (χ2n) is 4.64. The van der Waals surface area contributed by atoms with Gasteiger partial charge in [0.25, 0.3) is 0 Å². The molecule has 0 aromatic carbocycles. The fourth-order valence-corrected chi connectivity index (χ4v) is 2.33. The molecule has 94 valence electrons. The summed E-state index contributed by atoms with van der Waals surface area (Å²) in [6.45, 7) is 4.70. The first-order valence-corrected chi connectivity index (χ1v) is 6.06. The predicted octanol–water partition coefficient (Wildman–Crippen LogP) is 1.31. The molecular formula is C12H18N2O3. The van der Waals surface area contributed by atoms with Gasteiger partial charge >= 0.3 is 12.0 Å². The Morgan fingerprint density at radius 2 is 2.12 bits per heavy atom. The molecule has 1 heterocycles. The lowest BCUT2D eigenvalue weighted by molar-refractivity contribution is -0.141. The average molecular weight is 238 g/mol. The van der Waals surface area contributed by atoms with Crippen molar-refractivity contribution in [2.45, 2.75) is 37.8 Å². The molecule has 0 aromatic rings. The van der Waals surface area contributed by atoms with Crippen LogP contribution in [0, 0.1) is 0 Å². The lowest BCUT2D eigenvalue weighted by Crippen LogP contribution is -2.48. The maximum atomic E-state index is 12.3. The van der Waals surface area contributed by atoms with Crippen LogP contribution >= 0.6 is 0 Å². The standard InChI is InChI=1S/C12H18N2O3/c1-2-7-13(9-5-6-9)12(17)14-8-3-4-10(14)11(15)16/h2,9-10H,1,3-8H2,(H,15,16)/t10-/m0/s1. The number of carboxylic acid groups (broad SMARTS) is 1. The number of amides is 2. The highest BCUT2D eigenvalue weighted by atomic mass is 16.4. The molecule has 2 fully saturated rings. The van der Waals surface area contributed by atoms with Crippen LogP contribution in [0.2, 0.25) is 0 Å². The minimum atomic E-state index is -0.898. The van der Waals surface area contributed by atoms with Gasteiger partial charge in [-0.2, -0.15) is 0 Å². The van der Waals surface area contributed by atoms with E-state index in [2.05, 4.69) is 6.58 Å². The van der Waals surface area contributed by atoms with E-state index >= 15 is 0 Å². The molecule has 0 aromatic heterocycles. The SMILES string of the molecule is C=CCN(C(=O)N1CCC[C@H]1C(=O)O)C1CC1. The van der Waals surface area contributed by atoms with Crippen LogP contribution in [0.4, 0.5) is 4.79 Å². The van der Waals surface area contributed by atoms with Crippen molar-refractivity contribution in [1.29, 1.82) is 0 Å². The highest BCUT2D eigenvalue weighted by molar-refractivity contribution is 5.83. The average Bonchev–Trinajstić information content (AvgIpc) is 3.00. The number of carbonyl (C=O) groups is 2. The Morgan fingerprint density at radius 1 is 1.41 bits per heavy atom. The summed E-state index contributed by atoms with van der Waals surface area (Å²) in [6, 6.07) is -0.499. The third kappa shape index (κ3) is 2.43. The van der Waals surface area contributed by atoms with Crippen LogP contribution in [-0.4, -0.2) is 52.1 Å². The Hall–Kier alpha value is -1.52. The minimum absolute atomic E-state index is 0.141. The van der Waals surface area contributed by atoms with Gasteiger partial charge < -0.3 is 14.9 Å². The molecule has 0 radical (unpaired) electrons. The van der Waals surface area contributed by atoms with Crippen molar-refractivity contribution in [1.82, 2.24) is 9.80 Å². The molecular weight excluding hydrogens is 220 g/mol. The Labute approximate surface area is 101 Å². The number of rotatable bonds is 4. The third-order valence-corrected chi connectivity index (χ3v) is 3.34. The van der Waals surface area contributed by atoms with Crippen LogP contribution in [0.25, 0.3) is 0 Å². The van der Waals surface area contributed by atoms with Crippen molar-refractivity contribution in [2.75, 3.05) is 13.1 Å². The summed E-state index contributed by atoms with van der Waals surface area (Å²) in [7, 11) is 0. The molecule has 0 unspecified atom stereocenters. The van der Waals surface area contributed by atoms with Gasteiger partial charge in [0.2, 0.25) is 0 Å². The summed E-state index contributed by atoms with van der Waals surface area (Å²) in [4.78, 5) is 26.6. The molecule has 1 saturated heterocycles. The minimum Gasteiger partial charge on any atom is -0.480 e. The van der Waals surface area contributed by atoms with Crippen LogP contribution in [-0.2, 0) is 4.79 Å². The first kappa shape index (κ1) is 12.0. The number of hydrogen-bond acceptors (Lipinski definition) is 2. The van der Waals surface area contributed by atoms with E-state index in [-0.39, 0.29) is 12.1 Å². The Kier molecular flexibility index (Phi) is 3.36. The number of nitrogens with zero attached hydrogens (tertiary/aromatic N) is 2. The van der Waals surface area contributed by atoms with Crippen LogP contribution in [0.15, 0.2) is 12.7 Å². The molecule has 17 heavy (non-hydrogen) atoms. The molecule has 5 heteroatoms.